The monoisotopic (exact) mass is 389 g/mol. The van der Waals surface area contributed by atoms with E-state index in [0.717, 1.165) is 54.1 Å². The van der Waals surface area contributed by atoms with Crippen LogP contribution in [0.15, 0.2) is 33.3 Å². The molecule has 24 heavy (non-hydrogen) atoms. The lowest BCUT2D eigenvalue weighted by Crippen LogP contribution is -2.40. The number of likely N-dealkylation sites (tertiary alicyclic amines) is 1. The van der Waals surface area contributed by atoms with Crippen molar-refractivity contribution in [3.8, 4) is 0 Å². The summed E-state index contributed by atoms with van der Waals surface area (Å²) in [6.45, 7) is 1.56. The van der Waals surface area contributed by atoms with Crippen molar-refractivity contribution in [3.05, 3.63) is 46.0 Å². The first-order valence-electron chi connectivity index (χ1n) is 8.57. The van der Waals surface area contributed by atoms with Crippen molar-refractivity contribution in [3.63, 3.8) is 0 Å². The molecule has 1 atom stereocenters. The van der Waals surface area contributed by atoms with Crippen LogP contribution in [-0.4, -0.2) is 34.0 Å². The van der Waals surface area contributed by atoms with Crippen molar-refractivity contribution < 1.29 is 9.32 Å². The van der Waals surface area contributed by atoms with Crippen LogP contribution in [0.4, 0.5) is 0 Å². The molecular formula is C18H20BrN3O2. The fourth-order valence-electron chi connectivity index (χ4n) is 3.33. The lowest BCUT2D eigenvalue weighted by Gasteiger charge is -2.32. The molecule has 2 heterocycles. The molecular weight excluding hydrogens is 370 g/mol. The first kappa shape index (κ1) is 15.8. The molecule has 2 fully saturated rings. The predicted octanol–water partition coefficient (Wildman–Crippen LogP) is 3.80. The Balaban J connectivity index is 1.41. The maximum Gasteiger partial charge on any atom is 0.255 e. The van der Waals surface area contributed by atoms with E-state index in [2.05, 4.69) is 26.1 Å². The number of rotatable bonds is 4. The van der Waals surface area contributed by atoms with Gasteiger partial charge in [0.2, 0.25) is 5.89 Å². The van der Waals surface area contributed by atoms with Crippen LogP contribution in [-0.2, 0) is 6.42 Å². The minimum absolute atomic E-state index is 0.0939. The van der Waals surface area contributed by atoms with E-state index in [4.69, 9.17) is 4.52 Å². The van der Waals surface area contributed by atoms with Gasteiger partial charge in [-0.2, -0.15) is 4.98 Å². The summed E-state index contributed by atoms with van der Waals surface area (Å²) in [7, 11) is 0. The van der Waals surface area contributed by atoms with E-state index in [1.54, 1.807) is 0 Å². The van der Waals surface area contributed by atoms with E-state index >= 15 is 0 Å². The van der Waals surface area contributed by atoms with Crippen LogP contribution in [0.1, 0.15) is 53.7 Å². The highest BCUT2D eigenvalue weighted by atomic mass is 79.9. The second-order valence-electron chi connectivity index (χ2n) is 6.76. The van der Waals surface area contributed by atoms with E-state index in [0.29, 0.717) is 11.8 Å². The highest BCUT2D eigenvalue weighted by Crippen LogP contribution is 2.38. The van der Waals surface area contributed by atoms with E-state index in [9.17, 15) is 4.79 Å². The lowest BCUT2D eigenvalue weighted by molar-refractivity contribution is 0.0667. The molecule has 1 aromatic heterocycles. The summed E-state index contributed by atoms with van der Waals surface area (Å²) in [5, 5.41) is 4.08. The van der Waals surface area contributed by atoms with Crippen molar-refractivity contribution in [2.24, 2.45) is 5.92 Å². The van der Waals surface area contributed by atoms with Gasteiger partial charge in [0.1, 0.15) is 0 Å². The molecule has 126 valence electrons. The molecule has 1 saturated heterocycles. The molecule has 1 aliphatic carbocycles. The van der Waals surface area contributed by atoms with Gasteiger partial charge in [-0.3, -0.25) is 4.79 Å². The summed E-state index contributed by atoms with van der Waals surface area (Å²) in [5.41, 5.74) is 0.729. The number of carbonyl (C=O) groups excluding carboxylic acids is 1. The Labute approximate surface area is 149 Å². The molecule has 2 aromatic rings. The van der Waals surface area contributed by atoms with E-state index in [1.807, 2.05) is 29.2 Å². The molecule has 1 aromatic carbocycles. The fourth-order valence-corrected chi connectivity index (χ4v) is 3.78. The molecule has 0 N–H and O–H groups in total. The number of halogens is 1. The number of hydrogen-bond acceptors (Lipinski definition) is 4. The van der Waals surface area contributed by atoms with Gasteiger partial charge in [0, 0.05) is 29.9 Å². The average molecular weight is 390 g/mol. The molecule has 2 aliphatic rings. The Morgan fingerprint density at radius 1 is 1.29 bits per heavy atom. The second-order valence-corrected chi connectivity index (χ2v) is 7.62. The molecule has 0 unspecified atom stereocenters. The number of hydrogen-bond donors (Lipinski definition) is 0. The number of benzene rings is 1. The third-order valence-corrected chi connectivity index (χ3v) is 5.49. The van der Waals surface area contributed by atoms with Crippen LogP contribution in [0.25, 0.3) is 0 Å². The Hall–Kier alpha value is -1.69. The van der Waals surface area contributed by atoms with Crippen molar-refractivity contribution >= 4 is 21.8 Å². The van der Waals surface area contributed by atoms with Crippen LogP contribution in [0.5, 0.6) is 0 Å². The summed E-state index contributed by atoms with van der Waals surface area (Å²) in [6.07, 6.45) is 5.23. The maximum absolute atomic E-state index is 12.8. The molecule has 1 aliphatic heterocycles. The smallest absolute Gasteiger partial charge is 0.255 e. The predicted molar refractivity (Wildman–Crippen MR) is 92.7 cm³/mol. The van der Waals surface area contributed by atoms with Gasteiger partial charge in [0.25, 0.3) is 5.91 Å². The van der Waals surface area contributed by atoms with Crippen molar-refractivity contribution in [1.82, 2.24) is 15.0 Å². The Morgan fingerprint density at radius 2 is 2.12 bits per heavy atom. The Morgan fingerprint density at radius 3 is 2.92 bits per heavy atom. The van der Waals surface area contributed by atoms with Gasteiger partial charge >= 0.3 is 0 Å². The van der Waals surface area contributed by atoms with Crippen molar-refractivity contribution in [2.45, 2.75) is 38.0 Å². The van der Waals surface area contributed by atoms with Crippen molar-refractivity contribution in [1.29, 1.82) is 0 Å². The number of piperidine rings is 1. The fraction of sp³-hybridized carbons (Fsp3) is 0.500. The van der Waals surface area contributed by atoms with Gasteiger partial charge in [0.15, 0.2) is 5.82 Å². The van der Waals surface area contributed by atoms with Gasteiger partial charge in [0.05, 0.1) is 5.56 Å². The number of nitrogens with zero attached hydrogens (tertiary/aromatic N) is 3. The van der Waals surface area contributed by atoms with Gasteiger partial charge in [-0.1, -0.05) is 17.3 Å². The van der Waals surface area contributed by atoms with Crippen LogP contribution in [0.2, 0.25) is 0 Å². The van der Waals surface area contributed by atoms with Gasteiger partial charge in [-0.25, -0.2) is 0 Å². The topological polar surface area (TPSA) is 59.2 Å². The summed E-state index contributed by atoms with van der Waals surface area (Å²) in [6, 6.07) is 7.60. The summed E-state index contributed by atoms with van der Waals surface area (Å²) in [5.74, 6) is 2.58. The van der Waals surface area contributed by atoms with Gasteiger partial charge in [-0.15, -0.1) is 0 Å². The van der Waals surface area contributed by atoms with E-state index in [1.165, 1.54) is 12.8 Å². The minimum Gasteiger partial charge on any atom is -0.339 e. The molecule has 0 radical (unpaired) electrons. The van der Waals surface area contributed by atoms with Crippen LogP contribution in [0, 0.1) is 5.92 Å². The molecule has 1 saturated carbocycles. The molecule has 0 spiro atoms. The molecule has 6 heteroatoms. The molecule has 0 bridgehead atoms. The third kappa shape index (κ3) is 3.38. The normalized spacial score (nSPS) is 21.0. The highest BCUT2D eigenvalue weighted by Gasteiger charge is 2.30. The number of aromatic nitrogens is 2. The zero-order chi connectivity index (χ0) is 16.5. The number of amides is 1. The number of carbonyl (C=O) groups is 1. The second kappa shape index (κ2) is 6.67. The quantitative estimate of drug-likeness (QED) is 0.797. The minimum atomic E-state index is 0.0939. The van der Waals surface area contributed by atoms with Crippen LogP contribution in [0.3, 0.4) is 0 Å². The maximum atomic E-state index is 12.8. The lowest BCUT2D eigenvalue weighted by atomic mass is 9.94. The Bertz CT molecular complexity index is 741. The first-order chi connectivity index (χ1) is 11.7. The van der Waals surface area contributed by atoms with Crippen LogP contribution >= 0.6 is 15.9 Å². The zero-order valence-corrected chi connectivity index (χ0v) is 15.0. The molecule has 4 rings (SSSR count). The largest absolute Gasteiger partial charge is 0.339 e. The molecule has 1 amide bonds. The van der Waals surface area contributed by atoms with Crippen LogP contribution < -0.4 is 0 Å². The van der Waals surface area contributed by atoms with Gasteiger partial charge in [-0.05, 0) is 59.7 Å². The first-order valence-corrected chi connectivity index (χ1v) is 9.36. The summed E-state index contributed by atoms with van der Waals surface area (Å²) < 4.78 is 6.25. The molecule has 5 nitrogen and oxygen atoms in total. The summed E-state index contributed by atoms with van der Waals surface area (Å²) in [4.78, 5) is 19.2. The summed E-state index contributed by atoms with van der Waals surface area (Å²) >= 11 is 3.47. The van der Waals surface area contributed by atoms with Gasteiger partial charge < -0.3 is 9.42 Å². The Kier molecular flexibility index (Phi) is 4.39. The SMILES string of the molecule is O=C(c1ccccc1Br)N1CCC[C@H](Cc2nc(C3CC3)no2)C1. The van der Waals surface area contributed by atoms with Crippen molar-refractivity contribution in [2.75, 3.05) is 13.1 Å². The average Bonchev–Trinajstić information content (AvgIpc) is 3.35. The van der Waals surface area contributed by atoms with E-state index < -0.39 is 0 Å². The van der Waals surface area contributed by atoms with E-state index in [-0.39, 0.29) is 5.91 Å². The standard InChI is InChI=1S/C18H20BrN3O2/c19-15-6-2-1-5-14(15)18(23)22-9-3-4-12(11-22)10-16-20-17(21-24-16)13-7-8-13/h1-2,5-6,12-13H,3-4,7-11H2/t12-/m1/s1. The highest BCUT2D eigenvalue weighted by molar-refractivity contribution is 9.10. The third-order valence-electron chi connectivity index (χ3n) is 4.80. The zero-order valence-electron chi connectivity index (χ0n) is 13.4.